The van der Waals surface area contributed by atoms with Crippen LogP contribution in [0, 0.1) is 0 Å². The molecule has 3 aromatic rings. The van der Waals surface area contributed by atoms with Gasteiger partial charge in [0.25, 0.3) is 0 Å². The molecule has 2 aromatic heterocycles. The third kappa shape index (κ3) is 3.93. The van der Waals surface area contributed by atoms with Crippen molar-refractivity contribution in [3.63, 3.8) is 0 Å². The predicted octanol–water partition coefficient (Wildman–Crippen LogP) is 2.95. The quantitative estimate of drug-likeness (QED) is 0.741. The zero-order chi connectivity index (χ0) is 19.3. The van der Waals surface area contributed by atoms with Gasteiger partial charge < -0.3 is 14.2 Å². The number of amides is 2. The van der Waals surface area contributed by atoms with Gasteiger partial charge in [-0.3, -0.25) is 5.32 Å². The summed E-state index contributed by atoms with van der Waals surface area (Å²) in [7, 11) is 1.51. The first-order valence-corrected chi connectivity index (χ1v) is 9.04. The maximum atomic E-state index is 12.5. The van der Waals surface area contributed by atoms with Gasteiger partial charge in [-0.2, -0.15) is 4.98 Å². The summed E-state index contributed by atoms with van der Waals surface area (Å²) in [6.07, 6.45) is 2.87. The Morgan fingerprint density at radius 2 is 2.00 bits per heavy atom. The first-order valence-electron chi connectivity index (χ1n) is 9.04. The molecule has 1 aromatic carbocycles. The Bertz CT molecular complexity index is 938. The lowest BCUT2D eigenvalue weighted by molar-refractivity contribution is 0.187. The van der Waals surface area contributed by atoms with Crippen molar-refractivity contribution >= 4 is 11.8 Å². The number of benzene rings is 1. The Morgan fingerprint density at radius 1 is 1.21 bits per heavy atom. The van der Waals surface area contributed by atoms with Gasteiger partial charge in [0.15, 0.2) is 0 Å². The number of urea groups is 1. The molecular weight excluding hydrogens is 360 g/mol. The summed E-state index contributed by atoms with van der Waals surface area (Å²) in [5, 5.41) is 6.85. The molecule has 0 unspecified atom stereocenters. The molecule has 0 spiro atoms. The predicted molar refractivity (Wildman–Crippen MR) is 101 cm³/mol. The van der Waals surface area contributed by atoms with Gasteiger partial charge in [-0.15, -0.1) is 0 Å². The van der Waals surface area contributed by atoms with Gasteiger partial charge in [0.2, 0.25) is 17.6 Å². The Kier molecular flexibility index (Phi) is 5.14. The molecule has 28 heavy (non-hydrogen) atoms. The fourth-order valence-corrected chi connectivity index (χ4v) is 3.14. The molecule has 1 aliphatic rings. The fourth-order valence-electron chi connectivity index (χ4n) is 3.14. The van der Waals surface area contributed by atoms with Crippen LogP contribution in [0.25, 0.3) is 11.4 Å². The number of likely N-dealkylation sites (tertiary alicyclic amines) is 1. The van der Waals surface area contributed by atoms with Gasteiger partial charge in [0, 0.05) is 30.6 Å². The Balaban J connectivity index is 1.34. The van der Waals surface area contributed by atoms with E-state index in [1.807, 2.05) is 30.3 Å². The maximum absolute atomic E-state index is 12.5. The Morgan fingerprint density at radius 3 is 2.75 bits per heavy atom. The first-order chi connectivity index (χ1) is 13.7. The minimum absolute atomic E-state index is 0.146. The van der Waals surface area contributed by atoms with Crippen LogP contribution < -0.4 is 10.1 Å². The molecule has 0 radical (unpaired) electrons. The molecule has 3 heterocycles. The molecule has 0 bridgehead atoms. The van der Waals surface area contributed by atoms with Crippen LogP contribution in [0.4, 0.5) is 10.6 Å². The molecule has 1 aliphatic heterocycles. The van der Waals surface area contributed by atoms with Crippen LogP contribution in [0.15, 0.2) is 47.2 Å². The second-order valence-corrected chi connectivity index (χ2v) is 6.46. The van der Waals surface area contributed by atoms with Gasteiger partial charge in [0.05, 0.1) is 7.11 Å². The molecule has 9 nitrogen and oxygen atoms in total. The lowest BCUT2D eigenvalue weighted by Crippen LogP contribution is -2.40. The largest absolute Gasteiger partial charge is 0.481 e. The summed E-state index contributed by atoms with van der Waals surface area (Å²) in [6.45, 7) is 1.20. The van der Waals surface area contributed by atoms with E-state index in [2.05, 4.69) is 25.4 Å². The standard InChI is InChI=1S/C19H20N6O3/c1-27-16-11-15(20-12-21-16)22-19(26)25-9-7-14(8-10-25)18-23-17(24-28-18)13-5-3-2-4-6-13/h2-6,11-12,14H,7-10H2,1H3,(H,20,21,22,26). The maximum Gasteiger partial charge on any atom is 0.323 e. The van der Waals surface area contributed by atoms with E-state index in [4.69, 9.17) is 9.26 Å². The highest BCUT2D eigenvalue weighted by atomic mass is 16.5. The third-order valence-electron chi connectivity index (χ3n) is 4.69. The summed E-state index contributed by atoms with van der Waals surface area (Å²) in [6, 6.07) is 11.1. The number of carbonyl (C=O) groups excluding carboxylic acids is 1. The monoisotopic (exact) mass is 380 g/mol. The summed E-state index contributed by atoms with van der Waals surface area (Å²) >= 11 is 0. The van der Waals surface area contributed by atoms with Crippen LogP contribution in [0.2, 0.25) is 0 Å². The zero-order valence-corrected chi connectivity index (χ0v) is 15.4. The van der Waals surface area contributed by atoms with Gasteiger partial charge >= 0.3 is 6.03 Å². The number of anilines is 1. The molecule has 1 fully saturated rings. The fraction of sp³-hybridized carbons (Fsp3) is 0.316. The van der Waals surface area contributed by atoms with Crippen molar-refractivity contribution in [3.05, 3.63) is 48.6 Å². The number of rotatable bonds is 4. The van der Waals surface area contributed by atoms with Crippen LogP contribution in [0.3, 0.4) is 0 Å². The number of aromatic nitrogens is 4. The summed E-state index contributed by atoms with van der Waals surface area (Å²) < 4.78 is 10.5. The molecule has 2 amide bonds. The van der Waals surface area contributed by atoms with Crippen molar-refractivity contribution in [2.24, 2.45) is 0 Å². The summed E-state index contributed by atoms with van der Waals surface area (Å²) in [5.41, 5.74) is 0.926. The summed E-state index contributed by atoms with van der Waals surface area (Å²) in [4.78, 5) is 26.7. The molecule has 0 aliphatic carbocycles. The van der Waals surface area contributed by atoms with E-state index in [0.717, 1.165) is 18.4 Å². The number of nitrogens with one attached hydrogen (secondary N) is 1. The number of piperidine rings is 1. The molecule has 1 saturated heterocycles. The number of hydrogen-bond donors (Lipinski definition) is 1. The average Bonchev–Trinajstić information content (AvgIpc) is 3.25. The van der Waals surface area contributed by atoms with Gasteiger partial charge in [0.1, 0.15) is 12.1 Å². The lowest BCUT2D eigenvalue weighted by Gasteiger charge is -2.30. The average molecular weight is 380 g/mol. The van der Waals surface area contributed by atoms with E-state index in [0.29, 0.717) is 36.5 Å². The number of nitrogens with zero attached hydrogens (tertiary/aromatic N) is 5. The second kappa shape index (κ2) is 8.03. The van der Waals surface area contributed by atoms with Crippen molar-refractivity contribution in [3.8, 4) is 17.3 Å². The van der Waals surface area contributed by atoms with E-state index in [-0.39, 0.29) is 11.9 Å². The number of methoxy groups -OCH3 is 1. The van der Waals surface area contributed by atoms with Crippen molar-refractivity contribution in [1.82, 2.24) is 25.0 Å². The number of carbonyl (C=O) groups is 1. The highest BCUT2D eigenvalue weighted by Crippen LogP contribution is 2.28. The van der Waals surface area contributed by atoms with Crippen LogP contribution in [0.1, 0.15) is 24.7 Å². The molecule has 1 N–H and O–H groups in total. The zero-order valence-electron chi connectivity index (χ0n) is 15.4. The highest BCUT2D eigenvalue weighted by molar-refractivity contribution is 5.88. The highest BCUT2D eigenvalue weighted by Gasteiger charge is 2.28. The van der Waals surface area contributed by atoms with E-state index in [9.17, 15) is 4.79 Å². The van der Waals surface area contributed by atoms with Crippen LogP contribution in [0.5, 0.6) is 5.88 Å². The first kappa shape index (κ1) is 17.9. The molecule has 144 valence electrons. The van der Waals surface area contributed by atoms with Gasteiger partial charge in [-0.1, -0.05) is 35.5 Å². The lowest BCUT2D eigenvalue weighted by atomic mass is 9.97. The molecule has 4 rings (SSSR count). The van der Waals surface area contributed by atoms with Gasteiger partial charge in [-0.25, -0.2) is 14.8 Å². The third-order valence-corrected chi connectivity index (χ3v) is 4.69. The van der Waals surface area contributed by atoms with E-state index >= 15 is 0 Å². The number of hydrogen-bond acceptors (Lipinski definition) is 7. The number of ether oxygens (including phenoxy) is 1. The normalized spacial score (nSPS) is 14.7. The van der Waals surface area contributed by atoms with Crippen molar-refractivity contribution in [1.29, 1.82) is 0 Å². The Labute approximate surface area is 161 Å². The Hall–Kier alpha value is -3.49. The van der Waals surface area contributed by atoms with Crippen molar-refractivity contribution < 1.29 is 14.1 Å². The van der Waals surface area contributed by atoms with E-state index in [1.165, 1.54) is 13.4 Å². The van der Waals surface area contributed by atoms with Gasteiger partial charge in [-0.05, 0) is 12.8 Å². The minimum atomic E-state index is -0.199. The van der Waals surface area contributed by atoms with Crippen LogP contribution in [-0.4, -0.2) is 51.2 Å². The SMILES string of the molecule is COc1cc(NC(=O)N2CCC(c3nc(-c4ccccc4)no3)CC2)ncn1. The van der Waals surface area contributed by atoms with Crippen LogP contribution >= 0.6 is 0 Å². The van der Waals surface area contributed by atoms with E-state index in [1.54, 1.807) is 11.0 Å². The van der Waals surface area contributed by atoms with E-state index < -0.39 is 0 Å². The topological polar surface area (TPSA) is 106 Å². The molecule has 9 heteroatoms. The van der Waals surface area contributed by atoms with Crippen molar-refractivity contribution in [2.45, 2.75) is 18.8 Å². The van der Waals surface area contributed by atoms with Crippen LogP contribution in [-0.2, 0) is 0 Å². The summed E-state index contributed by atoms with van der Waals surface area (Å²) in [5.74, 6) is 2.17. The minimum Gasteiger partial charge on any atom is -0.481 e. The second-order valence-electron chi connectivity index (χ2n) is 6.46. The smallest absolute Gasteiger partial charge is 0.323 e. The molecule has 0 atom stereocenters. The van der Waals surface area contributed by atoms with Crippen molar-refractivity contribution in [2.75, 3.05) is 25.5 Å². The molecular formula is C19H20N6O3. The molecule has 0 saturated carbocycles.